The lowest BCUT2D eigenvalue weighted by Crippen LogP contribution is -2.35. The predicted molar refractivity (Wildman–Crippen MR) is 107 cm³/mol. The van der Waals surface area contributed by atoms with Crippen molar-refractivity contribution < 1.29 is 9.59 Å². The fraction of sp³-hybridized carbons (Fsp3) is 0.476. The Kier molecular flexibility index (Phi) is 6.27. The van der Waals surface area contributed by atoms with Crippen LogP contribution in [0.15, 0.2) is 36.5 Å². The molecule has 2 amide bonds. The van der Waals surface area contributed by atoms with Crippen LogP contribution in [-0.4, -0.2) is 39.2 Å². The van der Waals surface area contributed by atoms with E-state index in [0.29, 0.717) is 23.6 Å². The number of hydrogen-bond donors (Lipinski definition) is 1. The number of aromatic nitrogens is 2. The van der Waals surface area contributed by atoms with E-state index < -0.39 is 0 Å². The van der Waals surface area contributed by atoms with Gasteiger partial charge in [-0.15, -0.1) is 0 Å². The van der Waals surface area contributed by atoms with Crippen molar-refractivity contribution in [3.05, 3.63) is 42.2 Å². The van der Waals surface area contributed by atoms with E-state index in [1.807, 2.05) is 36.1 Å². The number of likely N-dealkylation sites (tertiary alicyclic amines) is 1. The largest absolute Gasteiger partial charge is 0.337 e. The maximum atomic E-state index is 12.7. The lowest BCUT2D eigenvalue weighted by molar-refractivity contribution is -0.117. The van der Waals surface area contributed by atoms with Crippen LogP contribution < -0.4 is 5.32 Å². The van der Waals surface area contributed by atoms with Crippen LogP contribution in [0.5, 0.6) is 0 Å². The molecule has 2 aromatic heterocycles. The zero-order valence-corrected chi connectivity index (χ0v) is 16.1. The van der Waals surface area contributed by atoms with Crippen molar-refractivity contribution in [2.24, 2.45) is 5.92 Å². The van der Waals surface area contributed by atoms with Crippen molar-refractivity contribution in [1.82, 2.24) is 14.3 Å². The maximum absolute atomic E-state index is 12.7. The Hall–Kier alpha value is -2.63. The molecule has 1 fully saturated rings. The van der Waals surface area contributed by atoms with Gasteiger partial charge in [0.1, 0.15) is 17.2 Å². The minimum atomic E-state index is -0.0318. The number of hydrogen-bond acceptors (Lipinski definition) is 3. The predicted octanol–water partition coefficient (Wildman–Crippen LogP) is 3.89. The Morgan fingerprint density at radius 2 is 2.04 bits per heavy atom. The monoisotopic (exact) mass is 368 g/mol. The number of allylic oxidation sites excluding steroid dienone is 2. The zero-order valence-electron chi connectivity index (χ0n) is 16.1. The average molecular weight is 368 g/mol. The van der Waals surface area contributed by atoms with Crippen molar-refractivity contribution in [3.8, 4) is 0 Å². The summed E-state index contributed by atoms with van der Waals surface area (Å²) in [5.41, 5.74) is 1.09. The van der Waals surface area contributed by atoms with Crippen LogP contribution in [0.1, 0.15) is 56.4 Å². The Balaban J connectivity index is 1.73. The van der Waals surface area contributed by atoms with Gasteiger partial charge in [0.2, 0.25) is 5.91 Å². The van der Waals surface area contributed by atoms with Gasteiger partial charge in [0.05, 0.1) is 0 Å². The molecule has 0 spiro atoms. The Morgan fingerprint density at radius 1 is 1.26 bits per heavy atom. The van der Waals surface area contributed by atoms with E-state index in [4.69, 9.17) is 0 Å². The fourth-order valence-corrected chi connectivity index (χ4v) is 3.44. The number of rotatable bonds is 6. The number of carbonyl (C=O) groups is 2. The summed E-state index contributed by atoms with van der Waals surface area (Å²) in [7, 11) is 0. The van der Waals surface area contributed by atoms with Gasteiger partial charge in [-0.3, -0.25) is 14.0 Å². The number of anilines is 1. The normalized spacial score (nSPS) is 16.0. The molecule has 144 valence electrons. The molecule has 6 heteroatoms. The summed E-state index contributed by atoms with van der Waals surface area (Å²) in [5.74, 6) is 0.855. The number of imidazole rings is 1. The Bertz CT molecular complexity index is 834. The summed E-state index contributed by atoms with van der Waals surface area (Å²) in [6, 6.07) is 5.52. The molecule has 0 radical (unpaired) electrons. The van der Waals surface area contributed by atoms with Gasteiger partial charge in [-0.05, 0) is 50.7 Å². The molecule has 1 atom stereocenters. The maximum Gasteiger partial charge on any atom is 0.274 e. The van der Waals surface area contributed by atoms with Crippen LogP contribution in [-0.2, 0) is 4.79 Å². The lowest BCUT2D eigenvalue weighted by Gasteiger charge is -2.25. The Labute approximate surface area is 160 Å². The van der Waals surface area contributed by atoms with Crippen LogP contribution in [0.4, 0.5) is 5.82 Å². The number of nitrogens with one attached hydrogen (secondary N) is 1. The number of piperidine rings is 1. The average Bonchev–Trinajstić information content (AvgIpc) is 3.11. The van der Waals surface area contributed by atoms with E-state index >= 15 is 0 Å². The summed E-state index contributed by atoms with van der Waals surface area (Å²) in [6.45, 7) is 5.63. The molecule has 0 bridgehead atoms. The highest BCUT2D eigenvalue weighted by atomic mass is 16.2. The SMILES string of the molecule is C/C=C\CC(C)CC(=O)Nc1cccc2nc(C(=O)N3CCCCC3)cn12. The van der Waals surface area contributed by atoms with E-state index in [0.717, 1.165) is 32.4 Å². The Morgan fingerprint density at radius 3 is 2.78 bits per heavy atom. The number of amides is 2. The molecule has 0 aliphatic carbocycles. The van der Waals surface area contributed by atoms with Crippen molar-refractivity contribution >= 4 is 23.3 Å². The standard InChI is InChI=1S/C21H28N4O2/c1-3-4-9-16(2)14-20(26)23-19-11-8-10-18-22-17(15-25(18)19)21(27)24-12-6-5-7-13-24/h3-4,8,10-11,15-16H,5-7,9,12-14H2,1-2H3,(H,23,26)/b4-3-. The third kappa shape index (κ3) is 4.76. The molecule has 0 aromatic carbocycles. The van der Waals surface area contributed by atoms with Crippen LogP contribution >= 0.6 is 0 Å². The van der Waals surface area contributed by atoms with Gasteiger partial charge >= 0.3 is 0 Å². The number of nitrogens with zero attached hydrogens (tertiary/aromatic N) is 3. The quantitative estimate of drug-likeness (QED) is 0.787. The topological polar surface area (TPSA) is 66.7 Å². The molecule has 0 saturated carbocycles. The molecule has 1 unspecified atom stereocenters. The lowest BCUT2D eigenvalue weighted by atomic mass is 10.0. The molecule has 3 rings (SSSR count). The van der Waals surface area contributed by atoms with Gasteiger partial charge < -0.3 is 10.2 Å². The second-order valence-corrected chi connectivity index (χ2v) is 7.28. The van der Waals surface area contributed by atoms with E-state index in [2.05, 4.69) is 23.3 Å². The zero-order chi connectivity index (χ0) is 19.2. The van der Waals surface area contributed by atoms with Crippen LogP contribution in [0.2, 0.25) is 0 Å². The second kappa shape index (κ2) is 8.84. The third-order valence-corrected chi connectivity index (χ3v) is 4.93. The van der Waals surface area contributed by atoms with Gasteiger partial charge in [-0.2, -0.15) is 0 Å². The van der Waals surface area contributed by atoms with E-state index in [1.165, 1.54) is 6.42 Å². The highest BCUT2D eigenvalue weighted by Gasteiger charge is 2.21. The first-order chi connectivity index (χ1) is 13.1. The number of carbonyl (C=O) groups excluding carboxylic acids is 2. The summed E-state index contributed by atoms with van der Waals surface area (Å²) in [6.07, 6.45) is 10.4. The third-order valence-electron chi connectivity index (χ3n) is 4.93. The molecule has 1 aliphatic rings. The van der Waals surface area contributed by atoms with Gasteiger partial charge in [-0.25, -0.2) is 4.98 Å². The van der Waals surface area contributed by atoms with E-state index in [-0.39, 0.29) is 17.7 Å². The number of fused-ring (bicyclic) bond motifs is 1. The van der Waals surface area contributed by atoms with E-state index in [9.17, 15) is 9.59 Å². The van der Waals surface area contributed by atoms with Crippen molar-refractivity contribution in [2.75, 3.05) is 18.4 Å². The first kappa shape index (κ1) is 19.1. The minimum Gasteiger partial charge on any atom is -0.337 e. The fourth-order valence-electron chi connectivity index (χ4n) is 3.44. The highest BCUT2D eigenvalue weighted by molar-refractivity contribution is 5.94. The summed E-state index contributed by atoms with van der Waals surface area (Å²) in [5, 5.41) is 2.96. The molecule has 1 saturated heterocycles. The smallest absolute Gasteiger partial charge is 0.274 e. The van der Waals surface area contributed by atoms with Gasteiger partial charge in [0.15, 0.2) is 0 Å². The summed E-state index contributed by atoms with van der Waals surface area (Å²) in [4.78, 5) is 31.4. The molecule has 1 N–H and O–H groups in total. The van der Waals surface area contributed by atoms with Gasteiger partial charge in [0.25, 0.3) is 5.91 Å². The molecule has 3 heterocycles. The molecule has 1 aliphatic heterocycles. The number of pyridine rings is 1. The van der Waals surface area contributed by atoms with Crippen molar-refractivity contribution in [2.45, 2.75) is 46.0 Å². The molecule has 6 nitrogen and oxygen atoms in total. The van der Waals surface area contributed by atoms with E-state index in [1.54, 1.807) is 10.6 Å². The van der Waals surface area contributed by atoms with Crippen LogP contribution in [0.25, 0.3) is 5.65 Å². The molecule has 27 heavy (non-hydrogen) atoms. The highest BCUT2D eigenvalue weighted by Crippen LogP contribution is 2.18. The molecule has 2 aromatic rings. The van der Waals surface area contributed by atoms with Crippen LogP contribution in [0, 0.1) is 5.92 Å². The molecular formula is C21H28N4O2. The summed E-state index contributed by atoms with van der Waals surface area (Å²) < 4.78 is 1.78. The van der Waals surface area contributed by atoms with Gasteiger partial charge in [-0.1, -0.05) is 25.1 Å². The van der Waals surface area contributed by atoms with Crippen molar-refractivity contribution in [1.29, 1.82) is 0 Å². The summed E-state index contributed by atoms with van der Waals surface area (Å²) >= 11 is 0. The minimum absolute atomic E-state index is 0.0305. The first-order valence-corrected chi connectivity index (χ1v) is 9.77. The van der Waals surface area contributed by atoms with Crippen molar-refractivity contribution in [3.63, 3.8) is 0 Å². The van der Waals surface area contributed by atoms with Gasteiger partial charge in [0, 0.05) is 25.7 Å². The molecular weight excluding hydrogens is 340 g/mol. The second-order valence-electron chi connectivity index (χ2n) is 7.28. The van der Waals surface area contributed by atoms with Crippen LogP contribution in [0.3, 0.4) is 0 Å². The first-order valence-electron chi connectivity index (χ1n) is 9.77.